The van der Waals surface area contributed by atoms with Gasteiger partial charge in [-0.2, -0.15) is 0 Å². The van der Waals surface area contributed by atoms with Gasteiger partial charge in [-0.05, 0) is 29.3 Å². The second-order valence-electron chi connectivity index (χ2n) is 8.81. The van der Waals surface area contributed by atoms with Crippen LogP contribution in [0.5, 0.6) is 5.75 Å². The Balaban J connectivity index is 1.62. The van der Waals surface area contributed by atoms with Crippen LogP contribution in [0.2, 0.25) is 0 Å². The molecule has 3 aliphatic heterocycles. The zero-order valence-corrected chi connectivity index (χ0v) is 20.3. The van der Waals surface area contributed by atoms with Crippen molar-refractivity contribution in [3.63, 3.8) is 0 Å². The molecule has 9 heteroatoms. The van der Waals surface area contributed by atoms with E-state index >= 15 is 0 Å². The number of fused-ring (bicyclic) bond motifs is 1. The van der Waals surface area contributed by atoms with Crippen molar-refractivity contribution in [3.05, 3.63) is 72.0 Å². The van der Waals surface area contributed by atoms with Gasteiger partial charge >= 0.3 is 0 Å². The minimum absolute atomic E-state index is 0.0281. The lowest BCUT2D eigenvalue weighted by atomic mass is 9.86. The number of amidine groups is 1. The first-order chi connectivity index (χ1) is 16.4. The van der Waals surface area contributed by atoms with Crippen molar-refractivity contribution < 1.29 is 17.9 Å². The number of benzene rings is 1. The molecule has 0 atom stereocenters. The summed E-state index contributed by atoms with van der Waals surface area (Å²) in [5.74, 6) is 1.42. The zero-order chi connectivity index (χ0) is 24.2. The van der Waals surface area contributed by atoms with Gasteiger partial charge in [0.2, 0.25) is 0 Å². The topological polar surface area (TPSA) is 106 Å². The summed E-state index contributed by atoms with van der Waals surface area (Å²) in [5.41, 5.74) is 8.64. The second kappa shape index (κ2) is 10.2. The predicted octanol–water partition coefficient (Wildman–Crippen LogP) is 1.81. The molecule has 1 fully saturated rings. The average molecular weight is 485 g/mol. The molecule has 1 aromatic rings. The average Bonchev–Trinajstić information content (AvgIpc) is 2.94. The molecule has 8 nitrogen and oxygen atoms in total. The quantitative estimate of drug-likeness (QED) is 0.569. The van der Waals surface area contributed by atoms with E-state index in [0.29, 0.717) is 62.1 Å². The summed E-state index contributed by atoms with van der Waals surface area (Å²) in [4.78, 5) is 7.17. The van der Waals surface area contributed by atoms with Crippen LogP contribution in [0, 0.1) is 5.41 Å². The number of nitrogens with one attached hydrogen (secondary N) is 1. The predicted molar refractivity (Wildman–Crippen MR) is 134 cm³/mol. The number of nitrogens with zero attached hydrogens (tertiary/aromatic N) is 2. The third kappa shape index (κ3) is 5.11. The summed E-state index contributed by atoms with van der Waals surface area (Å²) < 4.78 is 36.5. The van der Waals surface area contributed by atoms with Gasteiger partial charge < -0.3 is 25.4 Å². The largest absolute Gasteiger partial charge is 0.497 e. The molecule has 0 spiro atoms. The Morgan fingerprint density at radius 2 is 2.18 bits per heavy atom. The smallest absolute Gasteiger partial charge is 0.180 e. The normalized spacial score (nSPS) is 22.3. The number of sulfone groups is 1. The molecule has 0 unspecified atom stereocenters. The number of methoxy groups -OCH3 is 1. The number of aliphatic imine (C=N–C) groups is 1. The number of nitrogens with two attached hydrogens (primary N) is 1. The maximum atomic E-state index is 12.9. The van der Waals surface area contributed by atoms with E-state index in [1.165, 1.54) is 0 Å². The van der Waals surface area contributed by atoms with E-state index in [1.54, 1.807) is 31.4 Å². The van der Waals surface area contributed by atoms with Gasteiger partial charge in [0, 0.05) is 43.4 Å². The number of dihydropyridines is 1. The first-order valence-corrected chi connectivity index (χ1v) is 13.0. The van der Waals surface area contributed by atoms with Gasteiger partial charge in [-0.15, -0.1) is 0 Å². The van der Waals surface area contributed by atoms with E-state index in [4.69, 9.17) is 20.2 Å². The van der Waals surface area contributed by atoms with Crippen LogP contribution < -0.4 is 15.8 Å². The number of hydrogen-bond donors (Lipinski definition) is 2. The first kappa shape index (κ1) is 24.3. The first-order valence-electron chi connectivity index (χ1n) is 11.3. The van der Waals surface area contributed by atoms with Crippen molar-refractivity contribution in [3.8, 4) is 5.75 Å². The van der Waals surface area contributed by atoms with Crippen LogP contribution >= 0.6 is 0 Å². The summed E-state index contributed by atoms with van der Waals surface area (Å²) in [6.45, 7) is 7.52. The monoisotopic (exact) mass is 484 g/mol. The van der Waals surface area contributed by atoms with E-state index in [9.17, 15) is 8.42 Å². The van der Waals surface area contributed by atoms with Gasteiger partial charge in [0.15, 0.2) is 9.84 Å². The van der Waals surface area contributed by atoms with Gasteiger partial charge in [-0.1, -0.05) is 30.9 Å². The number of hydrogen-bond acceptors (Lipinski definition) is 8. The van der Waals surface area contributed by atoms with Gasteiger partial charge in [0.1, 0.15) is 11.6 Å². The molecule has 3 N–H and O–H groups in total. The summed E-state index contributed by atoms with van der Waals surface area (Å²) in [5, 5.41) is 3.56. The van der Waals surface area contributed by atoms with Crippen molar-refractivity contribution in [1.29, 1.82) is 0 Å². The zero-order valence-electron chi connectivity index (χ0n) is 19.5. The van der Waals surface area contributed by atoms with Gasteiger partial charge in [-0.25, -0.2) is 8.42 Å². The molecule has 0 saturated carbocycles. The highest BCUT2D eigenvalue weighted by Crippen LogP contribution is 2.29. The summed E-state index contributed by atoms with van der Waals surface area (Å²) in [6, 6.07) is 5.13. The Kier molecular flexibility index (Phi) is 7.25. The minimum atomic E-state index is -3.39. The third-order valence-corrected chi connectivity index (χ3v) is 8.19. The van der Waals surface area contributed by atoms with Crippen LogP contribution in [0.25, 0.3) is 0 Å². The molecule has 1 saturated heterocycles. The summed E-state index contributed by atoms with van der Waals surface area (Å²) >= 11 is 0. The number of rotatable bonds is 7. The molecule has 0 aromatic heterocycles. The van der Waals surface area contributed by atoms with Crippen molar-refractivity contribution >= 4 is 15.7 Å². The van der Waals surface area contributed by atoms with Crippen molar-refractivity contribution in [2.45, 2.75) is 11.4 Å². The molecule has 34 heavy (non-hydrogen) atoms. The molecular weight excluding hydrogens is 452 g/mol. The fourth-order valence-electron chi connectivity index (χ4n) is 4.16. The van der Waals surface area contributed by atoms with E-state index in [-0.39, 0.29) is 11.2 Å². The van der Waals surface area contributed by atoms with Gasteiger partial charge in [0.25, 0.3) is 0 Å². The number of allylic oxidation sites excluding steroid dienone is 4. The van der Waals surface area contributed by atoms with Crippen LogP contribution in [0.15, 0.2) is 76.3 Å². The fraction of sp³-hybridized carbons (Fsp3) is 0.400. The lowest BCUT2D eigenvalue weighted by molar-refractivity contribution is -0.103. The van der Waals surface area contributed by atoms with Gasteiger partial charge in [-0.3, -0.25) is 4.99 Å². The lowest BCUT2D eigenvalue weighted by Crippen LogP contribution is -2.54. The molecule has 1 aromatic carbocycles. The highest BCUT2D eigenvalue weighted by atomic mass is 32.2. The number of ether oxygens (including phenoxy) is 2. The highest BCUT2D eigenvalue weighted by molar-refractivity contribution is 7.91. The van der Waals surface area contributed by atoms with E-state index in [2.05, 4.69) is 11.9 Å². The molecule has 3 heterocycles. The Labute approximate surface area is 201 Å². The van der Waals surface area contributed by atoms with Crippen LogP contribution in [0.3, 0.4) is 0 Å². The maximum Gasteiger partial charge on any atom is 0.180 e. The van der Waals surface area contributed by atoms with Crippen molar-refractivity contribution in [2.24, 2.45) is 16.1 Å². The molecule has 0 aliphatic carbocycles. The Morgan fingerprint density at radius 3 is 2.85 bits per heavy atom. The molecule has 0 radical (unpaired) electrons. The fourth-order valence-corrected chi connectivity index (χ4v) is 5.64. The van der Waals surface area contributed by atoms with Crippen LogP contribution in [-0.4, -0.2) is 71.4 Å². The molecule has 0 amide bonds. The molecule has 3 aliphatic rings. The minimum Gasteiger partial charge on any atom is -0.497 e. The highest BCUT2D eigenvalue weighted by Gasteiger charge is 2.37. The third-order valence-electron chi connectivity index (χ3n) is 6.40. The lowest BCUT2D eigenvalue weighted by Gasteiger charge is -2.41. The molecule has 182 valence electrons. The summed E-state index contributed by atoms with van der Waals surface area (Å²) in [7, 11) is -1.81. The van der Waals surface area contributed by atoms with Crippen LogP contribution in [0.4, 0.5) is 0 Å². The standard InChI is InChI=1S/C25H32N4O4S/c1-3-4-5-6-19-13-27-24(12-22(19)28-16-25(15-26)17-33-18-25)29-9-10-34(30,31)23-8-7-21(32-2)11-20(23)14-29/h3-8,11-12,28H,1,9-10,13-18,26H2,2H3/b5-4-,19-6+. The van der Waals surface area contributed by atoms with Crippen LogP contribution in [-0.2, 0) is 21.1 Å². The van der Waals surface area contributed by atoms with E-state index in [1.807, 2.05) is 29.2 Å². The maximum absolute atomic E-state index is 12.9. The Bertz CT molecular complexity index is 1160. The van der Waals surface area contributed by atoms with Gasteiger partial charge in [0.05, 0.1) is 37.5 Å². The van der Waals surface area contributed by atoms with E-state index in [0.717, 1.165) is 17.1 Å². The Hall–Kier alpha value is -2.88. The molecular formula is C25H32N4O4S. The summed E-state index contributed by atoms with van der Waals surface area (Å²) in [6.07, 6.45) is 9.54. The van der Waals surface area contributed by atoms with E-state index < -0.39 is 9.84 Å². The van der Waals surface area contributed by atoms with Crippen LogP contribution in [0.1, 0.15) is 5.56 Å². The van der Waals surface area contributed by atoms with Crippen molar-refractivity contribution in [1.82, 2.24) is 10.2 Å². The van der Waals surface area contributed by atoms with Crippen molar-refractivity contribution in [2.75, 3.05) is 52.3 Å². The second-order valence-corrected chi connectivity index (χ2v) is 10.9. The Morgan fingerprint density at radius 1 is 1.35 bits per heavy atom. The molecule has 4 rings (SSSR count). The molecule has 0 bridgehead atoms. The SMILES string of the molecule is C=C/C=C\C=C1/CN=C(N2CCS(=O)(=O)c3ccc(OC)cc3C2)C=C1NCC1(CN)COC1.